The van der Waals surface area contributed by atoms with Gasteiger partial charge in [0.15, 0.2) is 0 Å². The zero-order valence-electron chi connectivity index (χ0n) is 10.3. The summed E-state index contributed by atoms with van der Waals surface area (Å²) in [6.07, 6.45) is 10.8. The predicted molar refractivity (Wildman–Crippen MR) is 79.5 cm³/mol. The van der Waals surface area contributed by atoms with Crippen molar-refractivity contribution in [3.8, 4) is 0 Å². The third-order valence-electron chi connectivity index (χ3n) is 3.81. The fourth-order valence-electron chi connectivity index (χ4n) is 2.74. The Bertz CT molecular complexity index is 331. The zero-order valence-corrected chi connectivity index (χ0v) is 12.7. The second-order valence-electron chi connectivity index (χ2n) is 5.24. The van der Waals surface area contributed by atoms with Gasteiger partial charge in [-0.1, -0.05) is 32.1 Å². The molecule has 1 heterocycles. The van der Waals surface area contributed by atoms with Gasteiger partial charge in [-0.05, 0) is 52.6 Å². The van der Waals surface area contributed by atoms with Gasteiger partial charge in [0.25, 0.3) is 0 Å². The van der Waals surface area contributed by atoms with Crippen LogP contribution in [0.5, 0.6) is 0 Å². The zero-order chi connectivity index (χ0) is 12.1. The Balaban J connectivity index is 1.70. The first-order valence-electron chi connectivity index (χ1n) is 6.73. The van der Waals surface area contributed by atoms with Crippen molar-refractivity contribution in [2.75, 3.05) is 0 Å². The Labute approximate surface area is 117 Å². The van der Waals surface area contributed by atoms with E-state index in [0.717, 1.165) is 12.3 Å². The van der Waals surface area contributed by atoms with Crippen LogP contribution in [-0.4, -0.2) is 6.04 Å². The van der Waals surface area contributed by atoms with Gasteiger partial charge in [0.1, 0.15) is 0 Å². The van der Waals surface area contributed by atoms with Gasteiger partial charge >= 0.3 is 0 Å². The molecule has 0 aromatic carbocycles. The van der Waals surface area contributed by atoms with Crippen molar-refractivity contribution in [3.05, 3.63) is 20.8 Å². The Kier molecular flexibility index (Phi) is 5.51. The first-order chi connectivity index (χ1) is 8.25. The van der Waals surface area contributed by atoms with Crippen molar-refractivity contribution in [1.29, 1.82) is 0 Å². The van der Waals surface area contributed by atoms with Crippen LogP contribution in [0.2, 0.25) is 0 Å². The fraction of sp³-hybridized carbons (Fsp3) is 0.714. The van der Waals surface area contributed by atoms with Crippen LogP contribution < -0.4 is 5.73 Å². The Morgan fingerprint density at radius 1 is 1.35 bits per heavy atom. The van der Waals surface area contributed by atoms with Crippen molar-refractivity contribution < 1.29 is 0 Å². The largest absolute Gasteiger partial charge is 0.327 e. The lowest BCUT2D eigenvalue weighted by molar-refractivity contribution is 0.323. The van der Waals surface area contributed by atoms with Crippen LogP contribution >= 0.6 is 27.3 Å². The van der Waals surface area contributed by atoms with Crippen LogP contribution in [0, 0.1) is 5.92 Å². The molecule has 17 heavy (non-hydrogen) atoms. The third kappa shape index (κ3) is 4.38. The molecule has 1 aliphatic carbocycles. The summed E-state index contributed by atoms with van der Waals surface area (Å²) in [5.41, 5.74) is 6.24. The molecule has 0 spiro atoms. The second kappa shape index (κ2) is 6.91. The molecule has 0 saturated heterocycles. The Morgan fingerprint density at radius 2 is 2.12 bits per heavy atom. The molecule has 2 rings (SSSR count). The highest BCUT2D eigenvalue weighted by Gasteiger charge is 2.15. The molecule has 1 nitrogen and oxygen atoms in total. The molecule has 1 aliphatic rings. The molecule has 1 saturated carbocycles. The van der Waals surface area contributed by atoms with Gasteiger partial charge in [0.05, 0.1) is 0 Å². The van der Waals surface area contributed by atoms with Gasteiger partial charge in [0.2, 0.25) is 0 Å². The lowest BCUT2D eigenvalue weighted by Crippen LogP contribution is -2.23. The molecule has 1 aromatic heterocycles. The molecule has 3 heteroatoms. The molecular weight excluding hydrogens is 294 g/mol. The van der Waals surface area contributed by atoms with Gasteiger partial charge in [-0.2, -0.15) is 0 Å². The molecule has 1 fully saturated rings. The van der Waals surface area contributed by atoms with E-state index in [1.54, 1.807) is 0 Å². The van der Waals surface area contributed by atoms with Crippen LogP contribution in [0.3, 0.4) is 0 Å². The number of hydrogen-bond donors (Lipinski definition) is 1. The number of rotatable bonds is 5. The van der Waals surface area contributed by atoms with E-state index < -0.39 is 0 Å². The average Bonchev–Trinajstić information content (AvgIpc) is 2.74. The van der Waals surface area contributed by atoms with Gasteiger partial charge in [-0.3, -0.25) is 0 Å². The average molecular weight is 316 g/mol. The number of nitrogens with two attached hydrogens (primary N) is 1. The molecule has 1 unspecified atom stereocenters. The summed E-state index contributed by atoms with van der Waals surface area (Å²) in [5.74, 6) is 0.960. The maximum absolute atomic E-state index is 6.24. The van der Waals surface area contributed by atoms with Crippen molar-refractivity contribution in [3.63, 3.8) is 0 Å². The van der Waals surface area contributed by atoms with E-state index in [-0.39, 0.29) is 0 Å². The Hall–Kier alpha value is 0.140. The fourth-order valence-corrected chi connectivity index (χ4v) is 4.35. The molecular formula is C14H22BrNS. The van der Waals surface area contributed by atoms with Crippen LogP contribution in [0.1, 0.15) is 49.8 Å². The highest BCUT2D eigenvalue weighted by Crippen LogP contribution is 2.29. The number of hydrogen-bond acceptors (Lipinski definition) is 2. The maximum atomic E-state index is 6.24. The molecule has 1 atom stereocenters. The van der Waals surface area contributed by atoms with E-state index in [9.17, 15) is 0 Å². The highest BCUT2D eigenvalue weighted by atomic mass is 79.9. The van der Waals surface area contributed by atoms with Gasteiger partial charge < -0.3 is 5.73 Å². The van der Waals surface area contributed by atoms with E-state index in [2.05, 4.69) is 27.4 Å². The lowest BCUT2D eigenvalue weighted by atomic mass is 9.85. The SMILES string of the molecule is NC(CCC1CCCCC1)Cc1sccc1Br. The van der Waals surface area contributed by atoms with Crippen molar-refractivity contribution in [2.24, 2.45) is 11.7 Å². The van der Waals surface area contributed by atoms with Crippen LogP contribution in [0.25, 0.3) is 0 Å². The normalized spacial score (nSPS) is 19.4. The van der Waals surface area contributed by atoms with E-state index in [1.165, 1.54) is 54.3 Å². The van der Waals surface area contributed by atoms with Crippen molar-refractivity contribution >= 4 is 27.3 Å². The minimum Gasteiger partial charge on any atom is -0.327 e. The first kappa shape index (κ1) is 13.6. The lowest BCUT2D eigenvalue weighted by Gasteiger charge is -2.22. The van der Waals surface area contributed by atoms with E-state index in [0.29, 0.717) is 6.04 Å². The molecule has 0 bridgehead atoms. The van der Waals surface area contributed by atoms with Gasteiger partial charge in [0, 0.05) is 15.4 Å². The standard InChI is InChI=1S/C14H22BrNS/c15-13-8-9-17-14(13)10-12(16)7-6-11-4-2-1-3-5-11/h8-9,11-12H,1-7,10,16H2. The van der Waals surface area contributed by atoms with E-state index >= 15 is 0 Å². The summed E-state index contributed by atoms with van der Waals surface area (Å²) >= 11 is 5.39. The smallest absolute Gasteiger partial charge is 0.0314 e. The molecule has 1 aromatic rings. The summed E-state index contributed by atoms with van der Waals surface area (Å²) in [4.78, 5) is 1.40. The predicted octanol–water partition coefficient (Wildman–Crippen LogP) is 4.74. The third-order valence-corrected chi connectivity index (χ3v) is 5.76. The monoisotopic (exact) mass is 315 g/mol. The minimum atomic E-state index is 0.340. The highest BCUT2D eigenvalue weighted by molar-refractivity contribution is 9.10. The quantitative estimate of drug-likeness (QED) is 0.834. The molecule has 0 amide bonds. The summed E-state index contributed by atoms with van der Waals surface area (Å²) in [5, 5.41) is 2.13. The molecule has 2 N–H and O–H groups in total. The minimum absolute atomic E-state index is 0.340. The number of thiophene rings is 1. The van der Waals surface area contributed by atoms with Crippen molar-refractivity contribution in [2.45, 2.75) is 57.4 Å². The van der Waals surface area contributed by atoms with Gasteiger partial charge in [-0.15, -0.1) is 11.3 Å². The van der Waals surface area contributed by atoms with Gasteiger partial charge in [-0.25, -0.2) is 0 Å². The van der Waals surface area contributed by atoms with Crippen LogP contribution in [0.15, 0.2) is 15.9 Å². The molecule has 0 aliphatic heterocycles. The van der Waals surface area contributed by atoms with Crippen molar-refractivity contribution in [1.82, 2.24) is 0 Å². The topological polar surface area (TPSA) is 26.0 Å². The second-order valence-corrected chi connectivity index (χ2v) is 7.09. The summed E-state index contributed by atoms with van der Waals surface area (Å²) < 4.78 is 1.23. The van der Waals surface area contributed by atoms with E-state index in [1.807, 2.05) is 11.3 Å². The first-order valence-corrected chi connectivity index (χ1v) is 8.40. The molecule has 0 radical (unpaired) electrons. The summed E-state index contributed by atoms with van der Waals surface area (Å²) in [6.45, 7) is 0. The van der Waals surface area contributed by atoms with Crippen LogP contribution in [-0.2, 0) is 6.42 Å². The number of halogens is 1. The maximum Gasteiger partial charge on any atom is 0.0314 e. The summed E-state index contributed by atoms with van der Waals surface area (Å²) in [6, 6.07) is 2.46. The van der Waals surface area contributed by atoms with E-state index in [4.69, 9.17) is 5.73 Å². The van der Waals surface area contributed by atoms with Crippen LogP contribution in [0.4, 0.5) is 0 Å². The Morgan fingerprint density at radius 3 is 2.76 bits per heavy atom. The molecule has 96 valence electrons. The summed E-state index contributed by atoms with van der Waals surface area (Å²) in [7, 11) is 0.